The van der Waals surface area contributed by atoms with Crippen molar-refractivity contribution in [3.8, 4) is 0 Å². The van der Waals surface area contributed by atoms with Crippen LogP contribution in [-0.2, 0) is 6.54 Å². The van der Waals surface area contributed by atoms with E-state index in [2.05, 4.69) is 36.9 Å². The Morgan fingerprint density at radius 3 is 2.55 bits per heavy atom. The molecule has 0 fully saturated rings. The number of rotatable bonds is 4. The highest BCUT2D eigenvalue weighted by Crippen LogP contribution is 2.21. The fraction of sp³-hybridized carbons (Fsp3) is 0.235. The molecule has 0 saturated carbocycles. The quantitative estimate of drug-likeness (QED) is 0.921. The molecule has 0 aliphatic heterocycles. The first-order valence-electron chi connectivity index (χ1n) is 6.58. The summed E-state index contributed by atoms with van der Waals surface area (Å²) in [5, 5.41) is 9.02. The van der Waals surface area contributed by atoms with E-state index in [1.807, 2.05) is 13.1 Å². The van der Waals surface area contributed by atoms with Gasteiger partial charge in [0, 0.05) is 19.3 Å². The molecule has 104 valence electrons. The molecule has 0 amide bonds. The maximum atomic E-state index is 11.0. The minimum absolute atomic E-state index is 0.330. The maximum absolute atomic E-state index is 11.0. The van der Waals surface area contributed by atoms with E-state index in [4.69, 9.17) is 5.11 Å². The van der Waals surface area contributed by atoms with Gasteiger partial charge in [0.05, 0.1) is 5.56 Å². The molecule has 0 unspecified atom stereocenters. The van der Waals surface area contributed by atoms with E-state index in [-0.39, 0.29) is 0 Å². The van der Waals surface area contributed by atoms with Crippen LogP contribution in [0.25, 0.3) is 0 Å². The molecule has 0 aromatic heterocycles. The Labute approximate surface area is 119 Å². The molecule has 2 aromatic carbocycles. The monoisotopic (exact) mass is 269 g/mol. The highest BCUT2D eigenvalue weighted by Gasteiger charge is 2.08. The third-order valence-corrected chi connectivity index (χ3v) is 3.36. The van der Waals surface area contributed by atoms with Gasteiger partial charge in [0.1, 0.15) is 0 Å². The first-order chi connectivity index (χ1) is 9.47. The molecule has 0 bridgehead atoms. The number of carboxylic acids is 1. The van der Waals surface area contributed by atoms with Gasteiger partial charge in [0.25, 0.3) is 0 Å². The molecule has 0 aliphatic rings. The molecule has 0 radical (unpaired) electrons. The Morgan fingerprint density at radius 2 is 1.90 bits per heavy atom. The lowest BCUT2D eigenvalue weighted by atomic mass is 10.1. The Morgan fingerprint density at radius 1 is 1.15 bits per heavy atom. The van der Waals surface area contributed by atoms with Crippen LogP contribution < -0.4 is 4.90 Å². The highest BCUT2D eigenvalue weighted by atomic mass is 16.4. The van der Waals surface area contributed by atoms with Crippen molar-refractivity contribution in [2.45, 2.75) is 20.4 Å². The van der Waals surface area contributed by atoms with Crippen LogP contribution in [-0.4, -0.2) is 18.1 Å². The molecule has 0 saturated heterocycles. The first kappa shape index (κ1) is 14.1. The SMILES string of the molecule is Cc1ccc(N(C)Cc2cccc(C(=O)O)c2)c(C)c1. The number of aryl methyl sites for hydroxylation is 2. The van der Waals surface area contributed by atoms with E-state index in [1.54, 1.807) is 18.2 Å². The van der Waals surface area contributed by atoms with Crippen molar-refractivity contribution in [3.63, 3.8) is 0 Å². The third kappa shape index (κ3) is 3.18. The molecule has 1 N–H and O–H groups in total. The zero-order chi connectivity index (χ0) is 14.7. The Kier molecular flexibility index (Phi) is 4.08. The van der Waals surface area contributed by atoms with Crippen molar-refractivity contribution < 1.29 is 9.90 Å². The number of anilines is 1. The minimum Gasteiger partial charge on any atom is -0.478 e. The highest BCUT2D eigenvalue weighted by molar-refractivity contribution is 5.87. The van der Waals surface area contributed by atoms with Gasteiger partial charge in [-0.25, -0.2) is 4.79 Å². The number of nitrogens with zero attached hydrogens (tertiary/aromatic N) is 1. The molecule has 3 heteroatoms. The summed E-state index contributed by atoms with van der Waals surface area (Å²) >= 11 is 0. The van der Waals surface area contributed by atoms with Gasteiger partial charge in [-0.3, -0.25) is 0 Å². The Bertz CT molecular complexity index is 635. The third-order valence-electron chi connectivity index (χ3n) is 3.36. The van der Waals surface area contributed by atoms with Crippen LogP contribution >= 0.6 is 0 Å². The minimum atomic E-state index is -0.888. The Balaban J connectivity index is 2.21. The average molecular weight is 269 g/mol. The number of benzene rings is 2. The largest absolute Gasteiger partial charge is 0.478 e. The van der Waals surface area contributed by atoms with Crippen LogP contribution in [0.5, 0.6) is 0 Å². The van der Waals surface area contributed by atoms with Crippen molar-refractivity contribution >= 4 is 11.7 Å². The van der Waals surface area contributed by atoms with Crippen molar-refractivity contribution in [2.75, 3.05) is 11.9 Å². The standard InChI is InChI=1S/C17H19NO2/c1-12-7-8-16(13(2)9-12)18(3)11-14-5-4-6-15(10-14)17(19)20/h4-10H,11H2,1-3H3,(H,19,20). The fourth-order valence-corrected chi connectivity index (χ4v) is 2.40. The van der Waals surface area contributed by atoms with E-state index in [0.717, 1.165) is 11.3 Å². The summed E-state index contributed by atoms with van der Waals surface area (Å²) in [5.74, 6) is -0.888. The number of carboxylic acid groups (broad SMARTS) is 1. The summed E-state index contributed by atoms with van der Waals surface area (Å²) in [5.41, 5.74) is 4.95. The molecule has 0 heterocycles. The molecule has 0 spiro atoms. The summed E-state index contributed by atoms with van der Waals surface area (Å²) < 4.78 is 0. The van der Waals surface area contributed by atoms with Gasteiger partial charge in [0.2, 0.25) is 0 Å². The van der Waals surface area contributed by atoms with Crippen LogP contribution in [0, 0.1) is 13.8 Å². The second-order valence-corrected chi connectivity index (χ2v) is 5.15. The van der Waals surface area contributed by atoms with Crippen molar-refractivity contribution in [2.24, 2.45) is 0 Å². The molecular formula is C17H19NO2. The summed E-state index contributed by atoms with van der Waals surface area (Å²) in [4.78, 5) is 13.1. The predicted molar refractivity (Wildman–Crippen MR) is 81.4 cm³/mol. The molecule has 0 aliphatic carbocycles. The number of carbonyl (C=O) groups is 1. The van der Waals surface area contributed by atoms with Gasteiger partial charge in [-0.1, -0.05) is 29.8 Å². The van der Waals surface area contributed by atoms with Crippen LogP contribution in [0.4, 0.5) is 5.69 Å². The summed E-state index contributed by atoms with van der Waals surface area (Å²) in [6.07, 6.45) is 0. The molecule has 2 aromatic rings. The van der Waals surface area contributed by atoms with Crippen molar-refractivity contribution in [1.82, 2.24) is 0 Å². The lowest BCUT2D eigenvalue weighted by Gasteiger charge is -2.22. The van der Waals surface area contributed by atoms with Crippen LogP contribution in [0.1, 0.15) is 27.0 Å². The lowest BCUT2D eigenvalue weighted by Crippen LogP contribution is -2.17. The van der Waals surface area contributed by atoms with E-state index < -0.39 is 5.97 Å². The van der Waals surface area contributed by atoms with Crippen molar-refractivity contribution in [1.29, 1.82) is 0 Å². The van der Waals surface area contributed by atoms with Crippen LogP contribution in [0.2, 0.25) is 0 Å². The van der Waals surface area contributed by atoms with E-state index in [0.29, 0.717) is 12.1 Å². The zero-order valence-electron chi connectivity index (χ0n) is 12.1. The lowest BCUT2D eigenvalue weighted by molar-refractivity contribution is 0.0696. The van der Waals surface area contributed by atoms with Gasteiger partial charge >= 0.3 is 5.97 Å². The molecule has 20 heavy (non-hydrogen) atoms. The van der Waals surface area contributed by atoms with Crippen molar-refractivity contribution in [3.05, 3.63) is 64.7 Å². The molecular weight excluding hydrogens is 250 g/mol. The molecule has 0 atom stereocenters. The second kappa shape index (κ2) is 5.78. The average Bonchev–Trinajstić information content (AvgIpc) is 2.38. The predicted octanol–water partition coefficient (Wildman–Crippen LogP) is 3.64. The Hall–Kier alpha value is -2.29. The smallest absolute Gasteiger partial charge is 0.335 e. The maximum Gasteiger partial charge on any atom is 0.335 e. The van der Waals surface area contributed by atoms with Gasteiger partial charge in [-0.15, -0.1) is 0 Å². The van der Waals surface area contributed by atoms with Gasteiger partial charge in [0.15, 0.2) is 0 Å². The van der Waals surface area contributed by atoms with Gasteiger partial charge in [-0.2, -0.15) is 0 Å². The summed E-state index contributed by atoms with van der Waals surface area (Å²) in [7, 11) is 2.02. The molecule has 3 nitrogen and oxygen atoms in total. The summed E-state index contributed by atoms with van der Waals surface area (Å²) in [6, 6.07) is 13.4. The zero-order valence-corrected chi connectivity index (χ0v) is 12.1. The van der Waals surface area contributed by atoms with Gasteiger partial charge in [-0.05, 0) is 43.2 Å². The summed E-state index contributed by atoms with van der Waals surface area (Å²) in [6.45, 7) is 4.85. The van der Waals surface area contributed by atoms with E-state index in [1.165, 1.54) is 11.1 Å². The van der Waals surface area contributed by atoms with E-state index in [9.17, 15) is 4.79 Å². The topological polar surface area (TPSA) is 40.5 Å². The number of hydrogen-bond donors (Lipinski definition) is 1. The van der Waals surface area contributed by atoms with Crippen LogP contribution in [0.15, 0.2) is 42.5 Å². The normalized spacial score (nSPS) is 10.3. The second-order valence-electron chi connectivity index (χ2n) is 5.15. The van der Waals surface area contributed by atoms with Gasteiger partial charge < -0.3 is 10.0 Å². The molecule has 2 rings (SSSR count). The first-order valence-corrected chi connectivity index (χ1v) is 6.58. The van der Waals surface area contributed by atoms with E-state index >= 15 is 0 Å². The van der Waals surface area contributed by atoms with Crippen LogP contribution in [0.3, 0.4) is 0 Å². The fourth-order valence-electron chi connectivity index (χ4n) is 2.40. The number of hydrogen-bond acceptors (Lipinski definition) is 2. The number of aromatic carboxylic acids is 1.